The van der Waals surface area contributed by atoms with Crippen molar-refractivity contribution in [1.82, 2.24) is 3.97 Å². The zero-order valence-corrected chi connectivity index (χ0v) is 12.0. The monoisotopic (exact) mass is 319 g/mol. The largest absolute Gasteiger partial charge is 0.262 e. The van der Waals surface area contributed by atoms with Crippen molar-refractivity contribution < 1.29 is 16.8 Å². The number of nitrogens with zero attached hydrogens (tertiary/aromatic N) is 1. The second-order valence-electron chi connectivity index (χ2n) is 3.86. The van der Waals surface area contributed by atoms with Crippen molar-refractivity contribution in [2.24, 2.45) is 0 Å². The standard InChI is InChI=1S/C11H10ClNO4S2/c12-19(16,17)11-6-7-13(8-11)18(14,15)9-10-4-2-1-3-5-10/h1-8H,9H2. The molecular formula is C11H10ClNO4S2. The molecule has 0 aliphatic rings. The second kappa shape index (κ2) is 4.99. The second-order valence-corrected chi connectivity index (χ2v) is 8.30. The fraction of sp³-hybridized carbons (Fsp3) is 0.0909. The van der Waals surface area contributed by atoms with Gasteiger partial charge in [0.15, 0.2) is 0 Å². The topological polar surface area (TPSA) is 73.2 Å². The van der Waals surface area contributed by atoms with E-state index in [2.05, 4.69) is 0 Å². The highest BCUT2D eigenvalue weighted by Crippen LogP contribution is 2.17. The molecule has 19 heavy (non-hydrogen) atoms. The molecule has 1 aromatic carbocycles. The van der Waals surface area contributed by atoms with Gasteiger partial charge in [0.05, 0.1) is 5.75 Å². The Labute approximate surface area is 115 Å². The summed E-state index contributed by atoms with van der Waals surface area (Å²) in [6.45, 7) is 0. The van der Waals surface area contributed by atoms with Crippen molar-refractivity contribution in [2.45, 2.75) is 10.6 Å². The summed E-state index contributed by atoms with van der Waals surface area (Å²) in [4.78, 5) is -0.245. The van der Waals surface area contributed by atoms with E-state index in [4.69, 9.17) is 10.7 Å². The van der Waals surface area contributed by atoms with Gasteiger partial charge in [-0.05, 0) is 11.6 Å². The minimum absolute atomic E-state index is 0.218. The summed E-state index contributed by atoms with van der Waals surface area (Å²) in [6.07, 6.45) is 2.15. The molecule has 0 saturated heterocycles. The Morgan fingerprint density at radius 2 is 1.63 bits per heavy atom. The molecule has 0 unspecified atom stereocenters. The van der Waals surface area contributed by atoms with Crippen LogP contribution in [0.2, 0.25) is 0 Å². The molecule has 8 heteroatoms. The van der Waals surface area contributed by atoms with Crippen molar-refractivity contribution in [2.75, 3.05) is 0 Å². The van der Waals surface area contributed by atoms with Crippen LogP contribution in [0.3, 0.4) is 0 Å². The Morgan fingerprint density at radius 3 is 2.16 bits per heavy atom. The smallest absolute Gasteiger partial charge is 0.251 e. The highest BCUT2D eigenvalue weighted by atomic mass is 35.7. The summed E-state index contributed by atoms with van der Waals surface area (Å²) in [5, 5.41) is 0. The molecular weight excluding hydrogens is 310 g/mol. The van der Waals surface area contributed by atoms with E-state index in [0.29, 0.717) is 5.56 Å². The van der Waals surface area contributed by atoms with Crippen molar-refractivity contribution in [1.29, 1.82) is 0 Å². The van der Waals surface area contributed by atoms with E-state index < -0.39 is 19.1 Å². The lowest BCUT2D eigenvalue weighted by Gasteiger charge is -2.05. The maximum absolute atomic E-state index is 12.1. The van der Waals surface area contributed by atoms with Crippen LogP contribution in [0.5, 0.6) is 0 Å². The molecule has 0 saturated carbocycles. The number of halogens is 1. The van der Waals surface area contributed by atoms with Gasteiger partial charge in [-0.25, -0.2) is 16.8 Å². The van der Waals surface area contributed by atoms with Crippen LogP contribution >= 0.6 is 10.7 Å². The fourth-order valence-electron chi connectivity index (χ4n) is 1.54. The summed E-state index contributed by atoms with van der Waals surface area (Å²) >= 11 is 0. The van der Waals surface area contributed by atoms with Gasteiger partial charge < -0.3 is 0 Å². The lowest BCUT2D eigenvalue weighted by molar-refractivity contribution is 0.586. The molecule has 0 fully saturated rings. The minimum atomic E-state index is -3.93. The van der Waals surface area contributed by atoms with E-state index in [1.165, 1.54) is 0 Å². The van der Waals surface area contributed by atoms with Gasteiger partial charge in [0.2, 0.25) is 10.0 Å². The molecule has 0 amide bonds. The Balaban J connectivity index is 2.33. The molecule has 0 spiro atoms. The van der Waals surface area contributed by atoms with Crippen molar-refractivity contribution in [3.8, 4) is 0 Å². The van der Waals surface area contributed by atoms with Crippen molar-refractivity contribution in [3.63, 3.8) is 0 Å². The molecule has 0 atom stereocenters. The van der Waals surface area contributed by atoms with Crippen LogP contribution < -0.4 is 0 Å². The fourth-order valence-corrected chi connectivity index (χ4v) is 3.62. The Morgan fingerprint density at radius 1 is 1.00 bits per heavy atom. The molecule has 0 bridgehead atoms. The van der Waals surface area contributed by atoms with Crippen LogP contribution in [0.1, 0.15) is 5.56 Å². The van der Waals surface area contributed by atoms with Crippen LogP contribution in [0.4, 0.5) is 0 Å². The molecule has 0 N–H and O–H groups in total. The van der Waals surface area contributed by atoms with Gasteiger partial charge in [-0.15, -0.1) is 0 Å². The van der Waals surface area contributed by atoms with Crippen LogP contribution in [-0.2, 0) is 24.8 Å². The van der Waals surface area contributed by atoms with Gasteiger partial charge in [0, 0.05) is 23.1 Å². The maximum atomic E-state index is 12.1. The molecule has 0 aliphatic carbocycles. The summed E-state index contributed by atoms with van der Waals surface area (Å²) in [7, 11) is -2.44. The van der Waals surface area contributed by atoms with E-state index in [1.54, 1.807) is 30.3 Å². The zero-order chi connectivity index (χ0) is 14.1. The normalized spacial score (nSPS) is 12.5. The molecule has 2 aromatic rings. The van der Waals surface area contributed by atoms with Gasteiger partial charge >= 0.3 is 0 Å². The molecule has 1 heterocycles. The number of hydrogen-bond acceptors (Lipinski definition) is 4. The highest BCUT2D eigenvalue weighted by Gasteiger charge is 2.18. The maximum Gasteiger partial charge on any atom is 0.262 e. The average Bonchev–Trinajstić information content (AvgIpc) is 2.79. The van der Waals surface area contributed by atoms with Gasteiger partial charge in [-0.2, -0.15) is 0 Å². The third kappa shape index (κ3) is 3.37. The first kappa shape index (κ1) is 14.1. The first-order valence-electron chi connectivity index (χ1n) is 5.19. The lowest BCUT2D eigenvalue weighted by Crippen LogP contribution is -2.13. The van der Waals surface area contributed by atoms with Gasteiger partial charge in [-0.3, -0.25) is 3.97 Å². The highest BCUT2D eigenvalue weighted by molar-refractivity contribution is 8.13. The predicted octanol–water partition coefficient (Wildman–Crippen LogP) is 1.79. The van der Waals surface area contributed by atoms with E-state index in [-0.39, 0.29) is 10.6 Å². The van der Waals surface area contributed by atoms with Crippen molar-refractivity contribution in [3.05, 3.63) is 54.4 Å². The van der Waals surface area contributed by atoms with Crippen LogP contribution in [0, 0.1) is 0 Å². The van der Waals surface area contributed by atoms with Crippen molar-refractivity contribution >= 4 is 29.8 Å². The zero-order valence-electron chi connectivity index (χ0n) is 9.60. The predicted molar refractivity (Wildman–Crippen MR) is 71.9 cm³/mol. The number of hydrogen-bond donors (Lipinski definition) is 0. The van der Waals surface area contributed by atoms with E-state index in [0.717, 1.165) is 22.4 Å². The summed E-state index contributed by atoms with van der Waals surface area (Å²) in [6, 6.07) is 9.75. The third-order valence-electron chi connectivity index (χ3n) is 2.43. The first-order valence-corrected chi connectivity index (χ1v) is 9.11. The molecule has 1 aromatic heterocycles. The molecule has 102 valence electrons. The first-order chi connectivity index (χ1) is 8.79. The number of aromatic nitrogens is 1. The minimum Gasteiger partial charge on any atom is -0.251 e. The average molecular weight is 320 g/mol. The molecule has 0 aliphatic heterocycles. The van der Waals surface area contributed by atoms with Crippen LogP contribution in [-0.4, -0.2) is 20.8 Å². The SMILES string of the molecule is O=S(=O)(Cl)c1ccn(S(=O)(=O)Cc2ccccc2)c1. The quantitative estimate of drug-likeness (QED) is 0.805. The lowest BCUT2D eigenvalue weighted by atomic mass is 10.2. The summed E-state index contributed by atoms with van der Waals surface area (Å²) < 4.78 is 47.2. The van der Waals surface area contributed by atoms with Gasteiger partial charge in [0.25, 0.3) is 9.05 Å². The molecule has 2 rings (SSSR count). The molecule has 0 radical (unpaired) electrons. The molecule has 5 nitrogen and oxygen atoms in total. The van der Waals surface area contributed by atoms with E-state index in [1.807, 2.05) is 0 Å². The number of benzene rings is 1. The Hall–Kier alpha value is -1.31. The summed E-state index contributed by atoms with van der Waals surface area (Å²) in [5.74, 6) is -0.218. The third-order valence-corrected chi connectivity index (χ3v) is 5.34. The van der Waals surface area contributed by atoms with Gasteiger partial charge in [-0.1, -0.05) is 30.3 Å². The van der Waals surface area contributed by atoms with E-state index >= 15 is 0 Å². The summed E-state index contributed by atoms with van der Waals surface area (Å²) in [5.41, 5.74) is 0.617. The van der Waals surface area contributed by atoms with Crippen LogP contribution in [0.25, 0.3) is 0 Å². The number of rotatable bonds is 4. The van der Waals surface area contributed by atoms with E-state index in [9.17, 15) is 16.8 Å². The Bertz CT molecular complexity index is 779. The van der Waals surface area contributed by atoms with Gasteiger partial charge in [0.1, 0.15) is 4.90 Å². The van der Waals surface area contributed by atoms with Crippen LogP contribution in [0.15, 0.2) is 53.7 Å². The Kier molecular flexibility index (Phi) is 3.71.